The zero-order valence-corrected chi connectivity index (χ0v) is 12.4. The Balaban J connectivity index is 4.56. The molecule has 0 spiro atoms. The minimum atomic E-state index is -0.905. The summed E-state index contributed by atoms with van der Waals surface area (Å²) in [5.41, 5.74) is -0.619. The van der Waals surface area contributed by atoms with Crippen LogP contribution in [0.2, 0.25) is 0 Å². The SMILES string of the molecule is CCCC(OC(=O)N(C)CCO)C(=O)OC(C)(C)C. The van der Waals surface area contributed by atoms with Crippen LogP contribution in [0, 0.1) is 0 Å². The van der Waals surface area contributed by atoms with Gasteiger partial charge in [-0.2, -0.15) is 0 Å². The highest BCUT2D eigenvalue weighted by Gasteiger charge is 2.28. The Morgan fingerprint density at radius 2 is 1.89 bits per heavy atom. The fourth-order valence-electron chi connectivity index (χ4n) is 1.31. The van der Waals surface area contributed by atoms with E-state index in [0.29, 0.717) is 12.8 Å². The number of nitrogens with zero attached hydrogens (tertiary/aromatic N) is 1. The van der Waals surface area contributed by atoms with Gasteiger partial charge in [-0.25, -0.2) is 9.59 Å². The summed E-state index contributed by atoms with van der Waals surface area (Å²) in [5.74, 6) is -0.542. The van der Waals surface area contributed by atoms with Gasteiger partial charge in [0.1, 0.15) is 5.60 Å². The van der Waals surface area contributed by atoms with Gasteiger partial charge in [0.25, 0.3) is 0 Å². The van der Waals surface area contributed by atoms with Gasteiger partial charge in [0.05, 0.1) is 6.61 Å². The van der Waals surface area contributed by atoms with E-state index in [-0.39, 0.29) is 13.2 Å². The molecule has 0 bridgehead atoms. The van der Waals surface area contributed by atoms with Crippen molar-refractivity contribution in [1.82, 2.24) is 4.90 Å². The molecular weight excluding hydrogens is 250 g/mol. The minimum absolute atomic E-state index is 0.156. The van der Waals surface area contributed by atoms with Crippen molar-refractivity contribution in [2.45, 2.75) is 52.2 Å². The van der Waals surface area contributed by atoms with Crippen molar-refractivity contribution in [2.24, 2.45) is 0 Å². The third-order valence-corrected chi connectivity index (χ3v) is 2.21. The lowest BCUT2D eigenvalue weighted by Crippen LogP contribution is -2.39. The maximum atomic E-state index is 11.9. The summed E-state index contributed by atoms with van der Waals surface area (Å²) in [5, 5.41) is 8.74. The molecule has 1 amide bonds. The number of amides is 1. The molecule has 0 aliphatic heterocycles. The molecule has 112 valence electrons. The van der Waals surface area contributed by atoms with Crippen molar-refractivity contribution >= 4 is 12.1 Å². The van der Waals surface area contributed by atoms with Crippen LogP contribution in [0.1, 0.15) is 40.5 Å². The lowest BCUT2D eigenvalue weighted by molar-refractivity contribution is -0.166. The Hall–Kier alpha value is -1.30. The van der Waals surface area contributed by atoms with Crippen LogP contribution in [-0.2, 0) is 14.3 Å². The van der Waals surface area contributed by atoms with E-state index >= 15 is 0 Å². The summed E-state index contributed by atoms with van der Waals surface area (Å²) in [6, 6.07) is 0. The van der Waals surface area contributed by atoms with E-state index in [1.807, 2.05) is 6.92 Å². The molecule has 0 rings (SSSR count). The summed E-state index contributed by atoms with van der Waals surface area (Å²) in [6.07, 6.45) is -0.439. The van der Waals surface area contributed by atoms with E-state index in [2.05, 4.69) is 0 Å². The molecule has 6 nitrogen and oxygen atoms in total. The van der Waals surface area contributed by atoms with Gasteiger partial charge in [0, 0.05) is 13.6 Å². The van der Waals surface area contributed by atoms with E-state index in [4.69, 9.17) is 14.6 Å². The molecule has 0 saturated carbocycles. The fraction of sp³-hybridized carbons (Fsp3) is 0.846. The Morgan fingerprint density at radius 1 is 1.32 bits per heavy atom. The summed E-state index contributed by atoms with van der Waals surface area (Å²) in [7, 11) is 1.50. The van der Waals surface area contributed by atoms with E-state index < -0.39 is 23.8 Å². The van der Waals surface area contributed by atoms with Gasteiger partial charge >= 0.3 is 12.1 Å². The molecule has 1 atom stereocenters. The van der Waals surface area contributed by atoms with E-state index in [0.717, 1.165) is 0 Å². The number of aliphatic hydroxyl groups is 1. The number of likely N-dealkylation sites (N-methyl/N-ethyl adjacent to an activating group) is 1. The van der Waals surface area contributed by atoms with Crippen LogP contribution >= 0.6 is 0 Å². The van der Waals surface area contributed by atoms with Gasteiger partial charge in [-0.15, -0.1) is 0 Å². The summed E-state index contributed by atoms with van der Waals surface area (Å²) >= 11 is 0. The largest absolute Gasteiger partial charge is 0.457 e. The first-order chi connectivity index (χ1) is 8.71. The topological polar surface area (TPSA) is 76.1 Å². The predicted octanol–water partition coefficient (Wildman–Crippen LogP) is 1.56. The molecule has 0 heterocycles. The second kappa shape index (κ2) is 7.99. The van der Waals surface area contributed by atoms with Crippen molar-refractivity contribution in [1.29, 1.82) is 0 Å². The molecule has 0 fully saturated rings. The number of aliphatic hydroxyl groups excluding tert-OH is 1. The maximum absolute atomic E-state index is 11.9. The zero-order valence-electron chi connectivity index (χ0n) is 12.4. The third-order valence-electron chi connectivity index (χ3n) is 2.21. The molecule has 0 aromatic rings. The Bertz CT molecular complexity index is 298. The summed E-state index contributed by atoms with van der Waals surface area (Å²) in [4.78, 5) is 24.8. The van der Waals surface area contributed by atoms with Crippen molar-refractivity contribution in [3.8, 4) is 0 Å². The molecule has 0 radical (unpaired) electrons. The molecule has 0 aliphatic carbocycles. The standard InChI is InChI=1S/C13H25NO5/c1-6-7-10(11(16)19-13(2,3)4)18-12(17)14(5)8-9-15/h10,15H,6-9H2,1-5H3. The first kappa shape index (κ1) is 17.7. The predicted molar refractivity (Wildman–Crippen MR) is 70.7 cm³/mol. The number of carbonyl (C=O) groups is 2. The number of hydrogen-bond acceptors (Lipinski definition) is 5. The smallest absolute Gasteiger partial charge is 0.410 e. The first-order valence-corrected chi connectivity index (χ1v) is 6.46. The minimum Gasteiger partial charge on any atom is -0.457 e. The first-order valence-electron chi connectivity index (χ1n) is 6.46. The molecule has 1 unspecified atom stereocenters. The van der Waals surface area contributed by atoms with Gasteiger partial charge in [-0.05, 0) is 27.2 Å². The van der Waals surface area contributed by atoms with Crippen LogP contribution in [0.5, 0.6) is 0 Å². The highest BCUT2D eigenvalue weighted by Crippen LogP contribution is 2.13. The Labute approximate surface area is 114 Å². The van der Waals surface area contributed by atoms with Crippen LogP contribution in [0.4, 0.5) is 4.79 Å². The highest BCUT2D eigenvalue weighted by molar-refractivity contribution is 5.79. The second-order valence-electron chi connectivity index (χ2n) is 5.34. The fourth-order valence-corrected chi connectivity index (χ4v) is 1.31. The number of ether oxygens (including phenoxy) is 2. The second-order valence-corrected chi connectivity index (χ2v) is 5.34. The lowest BCUT2D eigenvalue weighted by Gasteiger charge is -2.25. The van der Waals surface area contributed by atoms with E-state index in [1.54, 1.807) is 20.8 Å². The molecule has 0 aromatic heterocycles. The van der Waals surface area contributed by atoms with Crippen LogP contribution in [0.15, 0.2) is 0 Å². The van der Waals surface area contributed by atoms with Crippen LogP contribution in [-0.4, -0.2) is 54.0 Å². The van der Waals surface area contributed by atoms with Crippen molar-refractivity contribution in [3.05, 3.63) is 0 Å². The van der Waals surface area contributed by atoms with Crippen molar-refractivity contribution in [2.75, 3.05) is 20.2 Å². The Kier molecular flexibility index (Phi) is 7.44. The number of esters is 1. The monoisotopic (exact) mass is 275 g/mol. The van der Waals surface area contributed by atoms with Gasteiger partial charge in [-0.1, -0.05) is 13.3 Å². The number of rotatable bonds is 6. The molecule has 0 saturated heterocycles. The molecule has 1 N–H and O–H groups in total. The van der Waals surface area contributed by atoms with Crippen LogP contribution in [0.3, 0.4) is 0 Å². The molecular formula is C13H25NO5. The quantitative estimate of drug-likeness (QED) is 0.744. The van der Waals surface area contributed by atoms with Crippen molar-refractivity contribution in [3.63, 3.8) is 0 Å². The van der Waals surface area contributed by atoms with Gasteiger partial charge in [0.15, 0.2) is 0 Å². The molecule has 19 heavy (non-hydrogen) atoms. The normalized spacial score (nSPS) is 12.7. The van der Waals surface area contributed by atoms with Crippen LogP contribution in [0.25, 0.3) is 0 Å². The summed E-state index contributed by atoms with van der Waals surface area (Å²) in [6.45, 7) is 7.17. The molecule has 0 aromatic carbocycles. The van der Waals surface area contributed by atoms with E-state index in [9.17, 15) is 9.59 Å². The van der Waals surface area contributed by atoms with E-state index in [1.165, 1.54) is 11.9 Å². The number of hydrogen-bond donors (Lipinski definition) is 1. The van der Waals surface area contributed by atoms with Gasteiger partial charge < -0.3 is 19.5 Å². The van der Waals surface area contributed by atoms with Gasteiger partial charge in [0.2, 0.25) is 6.10 Å². The average molecular weight is 275 g/mol. The summed E-state index contributed by atoms with van der Waals surface area (Å²) < 4.78 is 10.3. The highest BCUT2D eigenvalue weighted by atomic mass is 16.6. The molecule has 6 heteroatoms. The van der Waals surface area contributed by atoms with Crippen LogP contribution < -0.4 is 0 Å². The zero-order chi connectivity index (χ0) is 15.1. The maximum Gasteiger partial charge on any atom is 0.410 e. The Morgan fingerprint density at radius 3 is 2.32 bits per heavy atom. The van der Waals surface area contributed by atoms with Crippen molar-refractivity contribution < 1.29 is 24.2 Å². The molecule has 0 aliphatic rings. The number of carbonyl (C=O) groups excluding carboxylic acids is 2. The average Bonchev–Trinajstić information content (AvgIpc) is 2.26. The lowest BCUT2D eigenvalue weighted by atomic mass is 10.1. The van der Waals surface area contributed by atoms with Gasteiger partial charge in [-0.3, -0.25) is 0 Å². The third kappa shape index (κ3) is 7.66.